The van der Waals surface area contributed by atoms with Gasteiger partial charge in [0.05, 0.1) is 0 Å². The predicted octanol–water partition coefficient (Wildman–Crippen LogP) is 5.73. The first-order valence-electron chi connectivity index (χ1n) is 12.7. The Balaban J connectivity index is 1.57. The fourth-order valence-electron chi connectivity index (χ4n) is 6.17. The summed E-state index contributed by atoms with van der Waals surface area (Å²) in [5, 5.41) is 13.5. The molecule has 2 aromatic carbocycles. The van der Waals surface area contributed by atoms with Gasteiger partial charge in [-0.25, -0.2) is 0 Å². The Labute approximate surface area is 219 Å². The smallest absolute Gasteiger partial charge is 0.380 e. The van der Waals surface area contributed by atoms with Crippen LogP contribution < -0.4 is 5.32 Å². The average Bonchev–Trinajstić information content (AvgIpc) is 2.98. The summed E-state index contributed by atoms with van der Waals surface area (Å²) in [6.07, 6.45) is -3.71. The molecule has 0 radical (unpaired) electrons. The molecule has 1 saturated carbocycles. The lowest BCUT2D eigenvalue weighted by atomic mass is 9.56. The van der Waals surface area contributed by atoms with E-state index in [9.17, 15) is 27.9 Å². The highest BCUT2D eigenvalue weighted by atomic mass is 19.4. The van der Waals surface area contributed by atoms with Crippen LogP contribution in [0.1, 0.15) is 58.4 Å². The highest BCUT2D eigenvalue weighted by molar-refractivity contribution is 6.00. The van der Waals surface area contributed by atoms with Gasteiger partial charge >= 0.3 is 6.18 Å². The minimum absolute atomic E-state index is 0.0483. The molecule has 3 aromatic rings. The van der Waals surface area contributed by atoms with E-state index in [1.54, 1.807) is 30.5 Å². The topological polar surface area (TPSA) is 79.3 Å². The van der Waals surface area contributed by atoms with Crippen molar-refractivity contribution in [3.63, 3.8) is 0 Å². The minimum Gasteiger partial charge on any atom is -0.380 e. The van der Waals surface area contributed by atoms with Crippen LogP contribution in [0, 0.1) is 12.8 Å². The van der Waals surface area contributed by atoms with Gasteiger partial charge in [0.1, 0.15) is 0 Å². The molecule has 1 fully saturated rings. The predicted molar refractivity (Wildman–Crippen MR) is 137 cm³/mol. The zero-order valence-electron chi connectivity index (χ0n) is 21.0. The number of benzene rings is 2. The third-order valence-corrected chi connectivity index (χ3v) is 8.29. The lowest BCUT2D eigenvalue weighted by Gasteiger charge is -2.50. The SMILES string of the molecule is Cc1ncccc1CC(=O)c1ccc2c(c1)NC(=O)C[C@@H]1C[C@@](O)(C(F)(F)F)CC[C@@]21Cc1ccccc1. The third kappa shape index (κ3) is 4.73. The number of aromatic nitrogens is 1. The van der Waals surface area contributed by atoms with Crippen LogP contribution in [0.25, 0.3) is 0 Å². The molecule has 1 aliphatic heterocycles. The number of hydrogen-bond acceptors (Lipinski definition) is 4. The molecular weight excluding hydrogens is 493 g/mol. The van der Waals surface area contributed by atoms with Crippen LogP contribution in [0.4, 0.5) is 18.9 Å². The Kier molecular flexibility index (Phi) is 6.63. The van der Waals surface area contributed by atoms with Gasteiger partial charge in [0, 0.05) is 41.4 Å². The first kappa shape index (κ1) is 26.1. The molecule has 2 aliphatic rings. The number of halogens is 3. The number of nitrogens with zero attached hydrogens (tertiary/aromatic N) is 1. The summed E-state index contributed by atoms with van der Waals surface area (Å²) in [6.45, 7) is 1.83. The van der Waals surface area contributed by atoms with Gasteiger partial charge in [-0.2, -0.15) is 13.2 Å². The largest absolute Gasteiger partial charge is 0.417 e. The molecule has 8 heteroatoms. The monoisotopic (exact) mass is 522 g/mol. The van der Waals surface area contributed by atoms with Crippen molar-refractivity contribution >= 4 is 17.4 Å². The number of carbonyl (C=O) groups excluding carboxylic acids is 2. The van der Waals surface area contributed by atoms with Gasteiger partial charge in [0.2, 0.25) is 5.91 Å². The fraction of sp³-hybridized carbons (Fsp3) is 0.367. The van der Waals surface area contributed by atoms with Crippen molar-refractivity contribution in [2.45, 2.75) is 62.6 Å². The summed E-state index contributed by atoms with van der Waals surface area (Å²) in [7, 11) is 0. The zero-order chi connectivity index (χ0) is 27.1. The number of amides is 1. The van der Waals surface area contributed by atoms with E-state index < -0.39 is 41.9 Å². The van der Waals surface area contributed by atoms with Crippen LogP contribution in [-0.2, 0) is 23.1 Å². The normalized spacial score (nSPS) is 25.1. The van der Waals surface area contributed by atoms with E-state index in [-0.39, 0.29) is 25.0 Å². The van der Waals surface area contributed by atoms with Crippen molar-refractivity contribution in [2.75, 3.05) is 5.32 Å². The summed E-state index contributed by atoms with van der Waals surface area (Å²) < 4.78 is 41.7. The van der Waals surface area contributed by atoms with Gasteiger partial charge in [0.25, 0.3) is 0 Å². The molecular formula is C30H29F3N2O3. The van der Waals surface area contributed by atoms with Crippen LogP contribution in [0.5, 0.6) is 0 Å². The van der Waals surface area contributed by atoms with Crippen molar-refractivity contribution in [1.29, 1.82) is 0 Å². The number of hydrogen-bond donors (Lipinski definition) is 2. The van der Waals surface area contributed by atoms with Gasteiger partial charge in [-0.1, -0.05) is 48.5 Å². The molecule has 2 N–H and O–H groups in total. The molecule has 38 heavy (non-hydrogen) atoms. The second kappa shape index (κ2) is 9.66. The maximum Gasteiger partial charge on any atom is 0.417 e. The lowest BCUT2D eigenvalue weighted by molar-refractivity contribution is -0.279. The summed E-state index contributed by atoms with van der Waals surface area (Å²) in [5.41, 5.74) is 0.374. The first-order chi connectivity index (χ1) is 18.0. The fourth-order valence-corrected chi connectivity index (χ4v) is 6.17. The Bertz CT molecular complexity index is 1370. The second-order valence-corrected chi connectivity index (χ2v) is 10.6. The van der Waals surface area contributed by atoms with E-state index in [4.69, 9.17) is 0 Å². The number of aliphatic hydroxyl groups is 1. The maximum atomic E-state index is 13.9. The number of nitrogens with one attached hydrogen (secondary N) is 1. The summed E-state index contributed by atoms with van der Waals surface area (Å²) >= 11 is 0. The number of rotatable bonds is 5. The molecule has 5 rings (SSSR count). The number of carbonyl (C=O) groups is 2. The number of alkyl halides is 3. The highest BCUT2D eigenvalue weighted by Gasteiger charge is 2.61. The first-order valence-corrected chi connectivity index (χ1v) is 12.7. The number of ketones is 1. The zero-order valence-corrected chi connectivity index (χ0v) is 21.0. The molecule has 0 unspecified atom stereocenters. The molecule has 1 aliphatic carbocycles. The number of fused-ring (bicyclic) bond motifs is 3. The standard InChI is InChI=1S/C30H29F3N2O3/c1-19-21(8-5-13-34-19)15-26(36)22-9-10-24-25(14-22)35-27(37)16-23-18-29(38,30(31,32)33)12-11-28(23,24)17-20-6-3-2-4-7-20/h2-10,13-14,23,38H,11-12,15-18H2,1H3,(H,35,37)/t23-,28+,29-/m1/s1. The van der Waals surface area contributed by atoms with Gasteiger partial charge in [0.15, 0.2) is 11.4 Å². The number of aryl methyl sites for hydroxylation is 1. The third-order valence-electron chi connectivity index (χ3n) is 8.29. The molecule has 2 heterocycles. The van der Waals surface area contributed by atoms with E-state index in [1.807, 2.05) is 43.3 Å². The summed E-state index contributed by atoms with van der Waals surface area (Å²) in [4.78, 5) is 30.4. The van der Waals surface area contributed by atoms with Crippen LogP contribution in [0.15, 0.2) is 66.9 Å². The van der Waals surface area contributed by atoms with Crippen molar-refractivity contribution in [3.8, 4) is 0 Å². The average molecular weight is 523 g/mol. The van der Waals surface area contributed by atoms with E-state index in [0.29, 0.717) is 23.2 Å². The second-order valence-electron chi connectivity index (χ2n) is 10.6. The Morgan fingerprint density at radius 1 is 1.11 bits per heavy atom. The Morgan fingerprint density at radius 3 is 2.58 bits per heavy atom. The van der Waals surface area contributed by atoms with E-state index >= 15 is 0 Å². The molecule has 0 bridgehead atoms. The molecule has 0 spiro atoms. The summed E-state index contributed by atoms with van der Waals surface area (Å²) in [5.74, 6) is -1.32. The maximum absolute atomic E-state index is 13.9. The molecule has 5 nitrogen and oxygen atoms in total. The van der Waals surface area contributed by atoms with E-state index in [2.05, 4.69) is 10.3 Å². The Morgan fingerprint density at radius 2 is 1.87 bits per heavy atom. The number of Topliss-reactive ketones (excluding diaryl/α,β-unsaturated/α-hetero) is 1. The van der Waals surface area contributed by atoms with Crippen LogP contribution >= 0.6 is 0 Å². The molecule has 1 amide bonds. The molecule has 1 aromatic heterocycles. The van der Waals surface area contributed by atoms with Crippen molar-refractivity contribution in [1.82, 2.24) is 4.98 Å². The van der Waals surface area contributed by atoms with Crippen LogP contribution in [0.2, 0.25) is 0 Å². The quantitative estimate of drug-likeness (QED) is 0.420. The van der Waals surface area contributed by atoms with Gasteiger partial charge in [-0.15, -0.1) is 0 Å². The van der Waals surface area contributed by atoms with Crippen LogP contribution in [-0.4, -0.2) is 33.6 Å². The van der Waals surface area contributed by atoms with E-state index in [1.165, 1.54) is 0 Å². The number of pyridine rings is 1. The lowest BCUT2D eigenvalue weighted by Crippen LogP contribution is -2.55. The molecule has 198 valence electrons. The van der Waals surface area contributed by atoms with Crippen molar-refractivity contribution < 1.29 is 27.9 Å². The van der Waals surface area contributed by atoms with Gasteiger partial charge < -0.3 is 10.4 Å². The Hall–Kier alpha value is -3.52. The van der Waals surface area contributed by atoms with Crippen molar-refractivity contribution in [3.05, 3.63) is 94.8 Å². The number of anilines is 1. The van der Waals surface area contributed by atoms with Crippen LogP contribution in [0.3, 0.4) is 0 Å². The highest BCUT2D eigenvalue weighted by Crippen LogP contribution is 2.56. The molecule has 3 atom stereocenters. The van der Waals surface area contributed by atoms with Gasteiger partial charge in [-0.05, 0) is 67.3 Å². The summed E-state index contributed by atoms with van der Waals surface area (Å²) in [6, 6.07) is 18.2. The van der Waals surface area contributed by atoms with Gasteiger partial charge in [-0.3, -0.25) is 14.6 Å². The molecule has 0 saturated heterocycles. The van der Waals surface area contributed by atoms with Crippen molar-refractivity contribution in [2.24, 2.45) is 5.92 Å². The van der Waals surface area contributed by atoms with E-state index in [0.717, 1.165) is 16.8 Å². The minimum atomic E-state index is -4.79.